The summed E-state index contributed by atoms with van der Waals surface area (Å²) in [6, 6.07) is 13.5. The average molecular weight is 380 g/mol. The predicted molar refractivity (Wildman–Crippen MR) is 103 cm³/mol. The van der Waals surface area contributed by atoms with E-state index in [1.165, 1.54) is 29.2 Å². The van der Waals surface area contributed by atoms with Crippen molar-refractivity contribution in [1.29, 1.82) is 0 Å². The highest BCUT2D eigenvalue weighted by Gasteiger charge is 2.45. The van der Waals surface area contributed by atoms with Gasteiger partial charge in [0, 0.05) is 24.2 Å². The maximum Gasteiger partial charge on any atom is 0.295 e. The van der Waals surface area contributed by atoms with Crippen molar-refractivity contribution in [3.63, 3.8) is 0 Å². The number of carbonyl (C=O) groups excluding carboxylic acids is 2. The molecule has 28 heavy (non-hydrogen) atoms. The maximum absolute atomic E-state index is 12.7. The number of aliphatic hydroxyl groups is 1. The van der Waals surface area contributed by atoms with E-state index in [0.717, 1.165) is 6.42 Å². The average Bonchev–Trinajstić information content (AvgIpc) is 2.97. The first-order valence-electron chi connectivity index (χ1n) is 9.04. The third-order valence-corrected chi connectivity index (χ3v) is 4.76. The fourth-order valence-corrected chi connectivity index (χ4v) is 3.32. The molecule has 0 aromatic heterocycles. The number of aliphatic hydroxyl groups excluding tert-OH is 1. The van der Waals surface area contributed by atoms with Crippen LogP contribution in [0, 0.1) is 10.1 Å². The summed E-state index contributed by atoms with van der Waals surface area (Å²) in [5, 5.41) is 21.7. The second kappa shape index (κ2) is 8.04. The number of Topliss-reactive ketones (excluding diaryl/α,β-unsaturated/α-hetero) is 1. The predicted octanol–water partition coefficient (Wildman–Crippen LogP) is 3.82. The first-order valence-corrected chi connectivity index (χ1v) is 9.04. The van der Waals surface area contributed by atoms with Gasteiger partial charge in [0.05, 0.1) is 16.5 Å². The molecule has 1 N–H and O–H groups in total. The molecule has 0 aliphatic carbocycles. The van der Waals surface area contributed by atoms with Gasteiger partial charge in [0.15, 0.2) is 0 Å². The molecule has 1 fully saturated rings. The second-order valence-electron chi connectivity index (χ2n) is 6.56. The van der Waals surface area contributed by atoms with E-state index < -0.39 is 22.7 Å². The van der Waals surface area contributed by atoms with Crippen molar-refractivity contribution in [3.05, 3.63) is 81.4 Å². The Kier molecular flexibility index (Phi) is 5.54. The minimum absolute atomic E-state index is 0.00107. The lowest BCUT2D eigenvalue weighted by Crippen LogP contribution is -2.30. The normalized spacial score (nSPS) is 18.5. The highest BCUT2D eigenvalue weighted by Crippen LogP contribution is 2.39. The van der Waals surface area contributed by atoms with Crippen LogP contribution in [0.2, 0.25) is 0 Å². The molecule has 1 heterocycles. The van der Waals surface area contributed by atoms with E-state index in [0.29, 0.717) is 24.1 Å². The monoisotopic (exact) mass is 380 g/mol. The van der Waals surface area contributed by atoms with Gasteiger partial charge in [0.2, 0.25) is 0 Å². The second-order valence-corrected chi connectivity index (χ2v) is 6.56. The molecular formula is C21H20N2O5. The summed E-state index contributed by atoms with van der Waals surface area (Å²) < 4.78 is 0. The van der Waals surface area contributed by atoms with E-state index in [-0.39, 0.29) is 17.0 Å². The number of benzene rings is 2. The lowest BCUT2D eigenvalue weighted by molar-refractivity contribution is -0.384. The smallest absolute Gasteiger partial charge is 0.295 e. The van der Waals surface area contributed by atoms with Gasteiger partial charge in [0.1, 0.15) is 5.76 Å². The third-order valence-electron chi connectivity index (χ3n) is 4.76. The van der Waals surface area contributed by atoms with Gasteiger partial charge in [-0.25, -0.2) is 0 Å². The number of ketones is 1. The summed E-state index contributed by atoms with van der Waals surface area (Å²) in [5.41, 5.74) is 0.889. The number of nitro benzene ring substituents is 1. The van der Waals surface area contributed by atoms with Gasteiger partial charge in [0.25, 0.3) is 17.4 Å². The van der Waals surface area contributed by atoms with Crippen molar-refractivity contribution in [2.45, 2.75) is 25.8 Å². The van der Waals surface area contributed by atoms with Gasteiger partial charge >= 0.3 is 0 Å². The number of nitrogens with zero attached hydrogens (tertiary/aromatic N) is 2. The van der Waals surface area contributed by atoms with E-state index in [9.17, 15) is 24.8 Å². The van der Waals surface area contributed by atoms with E-state index in [4.69, 9.17) is 0 Å². The van der Waals surface area contributed by atoms with Gasteiger partial charge in [-0.3, -0.25) is 19.7 Å². The number of hydrogen-bond acceptors (Lipinski definition) is 5. The lowest BCUT2D eigenvalue weighted by Gasteiger charge is -2.25. The van der Waals surface area contributed by atoms with Crippen LogP contribution in [0.3, 0.4) is 0 Å². The minimum Gasteiger partial charge on any atom is -0.507 e. The Morgan fingerprint density at radius 3 is 2.32 bits per heavy atom. The van der Waals surface area contributed by atoms with Crippen LogP contribution in [0.5, 0.6) is 0 Å². The topological polar surface area (TPSA) is 101 Å². The molecule has 1 atom stereocenters. The highest BCUT2D eigenvalue weighted by molar-refractivity contribution is 6.46. The number of likely N-dealkylation sites (tertiary alicyclic amines) is 1. The van der Waals surface area contributed by atoms with Crippen LogP contribution in [-0.2, 0) is 9.59 Å². The lowest BCUT2D eigenvalue weighted by atomic mass is 9.95. The zero-order valence-corrected chi connectivity index (χ0v) is 15.4. The maximum atomic E-state index is 12.7. The van der Waals surface area contributed by atoms with E-state index in [1.807, 2.05) is 6.92 Å². The molecule has 1 saturated heterocycles. The molecule has 3 rings (SSSR count). The molecule has 0 spiro atoms. The summed E-state index contributed by atoms with van der Waals surface area (Å²) >= 11 is 0. The minimum atomic E-state index is -0.785. The standard InChI is InChI=1S/C21H20N2O5/c1-2-3-13-22-18(14-9-11-16(12-10-14)23(27)28)17(20(25)21(22)26)19(24)15-7-5-4-6-8-15/h4-12,18,24H,2-3,13H2,1H3/t18-/m1/s1. The number of nitro groups is 1. The van der Waals surface area contributed by atoms with Crippen LogP contribution < -0.4 is 0 Å². The Labute approximate surface area is 162 Å². The largest absolute Gasteiger partial charge is 0.507 e. The van der Waals surface area contributed by atoms with Crippen molar-refractivity contribution in [2.24, 2.45) is 0 Å². The highest BCUT2D eigenvalue weighted by atomic mass is 16.6. The molecule has 7 nitrogen and oxygen atoms in total. The van der Waals surface area contributed by atoms with Crippen LogP contribution in [0.4, 0.5) is 5.69 Å². The fraction of sp³-hybridized carbons (Fsp3) is 0.238. The molecule has 0 unspecified atom stereocenters. The van der Waals surface area contributed by atoms with Crippen molar-refractivity contribution in [2.75, 3.05) is 6.54 Å². The summed E-state index contributed by atoms with van der Waals surface area (Å²) in [5.74, 6) is -1.67. The van der Waals surface area contributed by atoms with Gasteiger partial charge in [-0.1, -0.05) is 43.7 Å². The number of unbranched alkanes of at least 4 members (excludes halogenated alkanes) is 1. The Bertz CT molecular complexity index is 935. The Hall–Kier alpha value is -3.48. The number of rotatable bonds is 6. The van der Waals surface area contributed by atoms with Crippen molar-refractivity contribution >= 4 is 23.1 Å². The Morgan fingerprint density at radius 1 is 1.11 bits per heavy atom. The van der Waals surface area contributed by atoms with Crippen molar-refractivity contribution in [1.82, 2.24) is 4.90 Å². The zero-order chi connectivity index (χ0) is 20.3. The number of hydrogen-bond donors (Lipinski definition) is 1. The zero-order valence-electron chi connectivity index (χ0n) is 15.4. The molecule has 1 amide bonds. The molecule has 0 saturated carbocycles. The van der Waals surface area contributed by atoms with E-state index >= 15 is 0 Å². The molecule has 2 aromatic rings. The van der Waals surface area contributed by atoms with E-state index in [2.05, 4.69) is 0 Å². The van der Waals surface area contributed by atoms with Gasteiger partial charge < -0.3 is 10.0 Å². The molecule has 7 heteroatoms. The third kappa shape index (κ3) is 3.51. The molecule has 1 aliphatic rings. The summed E-state index contributed by atoms with van der Waals surface area (Å²) in [6.45, 7) is 2.33. The van der Waals surface area contributed by atoms with Crippen LogP contribution in [0.25, 0.3) is 5.76 Å². The fourth-order valence-electron chi connectivity index (χ4n) is 3.32. The number of non-ortho nitro benzene ring substituents is 1. The van der Waals surface area contributed by atoms with Crippen molar-refractivity contribution in [3.8, 4) is 0 Å². The first-order chi connectivity index (χ1) is 13.5. The molecular weight excluding hydrogens is 360 g/mol. The summed E-state index contributed by atoms with van der Waals surface area (Å²) in [7, 11) is 0. The Balaban J connectivity index is 2.14. The van der Waals surface area contributed by atoms with Gasteiger partial charge in [-0.2, -0.15) is 0 Å². The number of carbonyl (C=O) groups is 2. The van der Waals surface area contributed by atoms with Crippen molar-refractivity contribution < 1.29 is 19.6 Å². The van der Waals surface area contributed by atoms with Crippen LogP contribution >= 0.6 is 0 Å². The molecule has 0 radical (unpaired) electrons. The van der Waals surface area contributed by atoms with Gasteiger partial charge in [-0.05, 0) is 24.1 Å². The Morgan fingerprint density at radius 2 is 1.75 bits per heavy atom. The molecule has 1 aliphatic heterocycles. The first kappa shape index (κ1) is 19.3. The number of amides is 1. The van der Waals surface area contributed by atoms with Crippen LogP contribution in [0.15, 0.2) is 60.2 Å². The molecule has 2 aromatic carbocycles. The molecule has 0 bridgehead atoms. The molecule has 144 valence electrons. The van der Waals surface area contributed by atoms with Gasteiger partial charge in [-0.15, -0.1) is 0 Å². The van der Waals surface area contributed by atoms with Crippen LogP contribution in [-0.4, -0.2) is 33.2 Å². The quantitative estimate of drug-likeness (QED) is 0.270. The summed E-state index contributed by atoms with van der Waals surface area (Å²) in [6.07, 6.45) is 1.52. The van der Waals surface area contributed by atoms with Crippen LogP contribution in [0.1, 0.15) is 36.9 Å². The summed E-state index contributed by atoms with van der Waals surface area (Å²) in [4.78, 5) is 37.2. The SMILES string of the molecule is CCCCN1C(=O)C(=O)C(=C(O)c2ccccc2)[C@H]1c1ccc([N+](=O)[O-])cc1. The van der Waals surface area contributed by atoms with E-state index in [1.54, 1.807) is 30.3 Å².